The van der Waals surface area contributed by atoms with Gasteiger partial charge in [-0.1, -0.05) is 48.9 Å². The molecule has 0 saturated carbocycles. The van der Waals surface area contributed by atoms with E-state index in [1.807, 2.05) is 66.1 Å². The van der Waals surface area contributed by atoms with Crippen LogP contribution in [0.25, 0.3) is 34.1 Å². The molecule has 0 aliphatic carbocycles. The number of aryl methyl sites for hydroxylation is 1. The third kappa shape index (κ3) is 3.91. The average Bonchev–Trinajstić information content (AvgIpc) is 3.44. The molecular formula is C25H21ClN4O3. The molecule has 0 amide bonds. The van der Waals surface area contributed by atoms with E-state index in [0.717, 1.165) is 17.5 Å². The number of benzene rings is 2. The largest absolute Gasteiger partial charge is 0.453 e. The molecule has 0 bridgehead atoms. The Kier molecular flexibility index (Phi) is 5.48. The minimum Gasteiger partial charge on any atom is -0.453 e. The molecule has 5 aromatic rings. The van der Waals surface area contributed by atoms with Gasteiger partial charge in [0.25, 0.3) is 5.56 Å². The molecule has 8 heteroatoms. The van der Waals surface area contributed by atoms with Crippen LogP contribution in [0.3, 0.4) is 0 Å². The second-order valence-electron chi connectivity index (χ2n) is 7.76. The lowest BCUT2D eigenvalue weighted by molar-refractivity contribution is 0.581. The summed E-state index contributed by atoms with van der Waals surface area (Å²) in [7, 11) is 0. The van der Waals surface area contributed by atoms with Crippen molar-refractivity contribution in [1.82, 2.24) is 19.1 Å². The Morgan fingerprint density at radius 1 is 0.939 bits per heavy atom. The quantitative estimate of drug-likeness (QED) is 0.389. The number of fused-ring (bicyclic) bond motifs is 1. The van der Waals surface area contributed by atoms with Crippen molar-refractivity contribution in [1.29, 1.82) is 0 Å². The molecule has 3 aromatic heterocycles. The predicted octanol–water partition coefficient (Wildman–Crippen LogP) is 4.93. The molecule has 5 rings (SSSR count). The van der Waals surface area contributed by atoms with E-state index in [9.17, 15) is 9.59 Å². The Morgan fingerprint density at radius 3 is 2.39 bits per heavy atom. The normalized spacial score (nSPS) is 11.3. The summed E-state index contributed by atoms with van der Waals surface area (Å²) in [5.41, 5.74) is 1.54. The number of hydrogen-bond donors (Lipinski definition) is 1. The molecule has 0 spiro atoms. The van der Waals surface area contributed by atoms with Gasteiger partial charge in [-0.05, 0) is 48.4 Å². The Balaban J connectivity index is 1.68. The molecule has 1 N–H and O–H groups in total. The summed E-state index contributed by atoms with van der Waals surface area (Å²) in [5.74, 6) is 1.68. The Hall–Kier alpha value is -3.84. The van der Waals surface area contributed by atoms with Gasteiger partial charge >= 0.3 is 5.69 Å². The van der Waals surface area contributed by atoms with Crippen LogP contribution in [0.15, 0.2) is 80.7 Å². The van der Waals surface area contributed by atoms with E-state index in [-0.39, 0.29) is 0 Å². The molecule has 0 unspecified atom stereocenters. The maximum absolute atomic E-state index is 12.8. The van der Waals surface area contributed by atoms with Crippen LogP contribution in [0.2, 0.25) is 5.02 Å². The standard InChI is InChI=1S/C25H21ClN4O3/c1-2-14-29-21-23(30(25(32)28-24(21)31)15-16-6-4-3-5-7-16)27-22(29)20-13-12-19(33-20)17-8-10-18(26)11-9-17/h3-13H,2,14-15H2,1H3,(H,28,31,32). The Morgan fingerprint density at radius 2 is 1.67 bits per heavy atom. The van der Waals surface area contributed by atoms with E-state index in [1.54, 1.807) is 12.1 Å². The monoisotopic (exact) mass is 460 g/mol. The predicted molar refractivity (Wildman–Crippen MR) is 129 cm³/mol. The van der Waals surface area contributed by atoms with Crippen molar-refractivity contribution in [2.24, 2.45) is 0 Å². The zero-order chi connectivity index (χ0) is 22.9. The first kappa shape index (κ1) is 21.0. The van der Waals surface area contributed by atoms with Crippen LogP contribution in [-0.2, 0) is 13.1 Å². The third-order valence-electron chi connectivity index (χ3n) is 5.47. The number of aromatic amines is 1. The van der Waals surface area contributed by atoms with E-state index >= 15 is 0 Å². The number of rotatable bonds is 6. The second kappa shape index (κ2) is 8.60. The van der Waals surface area contributed by atoms with Gasteiger partial charge < -0.3 is 8.98 Å². The van der Waals surface area contributed by atoms with Crippen LogP contribution in [-0.4, -0.2) is 19.1 Å². The molecule has 0 aliphatic rings. The lowest BCUT2D eigenvalue weighted by Crippen LogP contribution is -2.31. The van der Waals surface area contributed by atoms with Crippen molar-refractivity contribution in [2.45, 2.75) is 26.4 Å². The molecule has 166 valence electrons. The first-order chi connectivity index (χ1) is 16.0. The highest BCUT2D eigenvalue weighted by atomic mass is 35.5. The number of halogens is 1. The van der Waals surface area contributed by atoms with Crippen LogP contribution < -0.4 is 11.2 Å². The summed E-state index contributed by atoms with van der Waals surface area (Å²) >= 11 is 6.00. The number of aromatic nitrogens is 4. The average molecular weight is 461 g/mol. The molecule has 0 saturated heterocycles. The fourth-order valence-corrected chi connectivity index (χ4v) is 4.07. The van der Waals surface area contributed by atoms with Crippen molar-refractivity contribution in [3.05, 3.63) is 98.2 Å². The highest BCUT2D eigenvalue weighted by Crippen LogP contribution is 2.30. The van der Waals surface area contributed by atoms with Crippen molar-refractivity contribution in [3.8, 4) is 22.9 Å². The molecule has 0 fully saturated rings. The van der Waals surface area contributed by atoms with E-state index in [1.165, 1.54) is 4.57 Å². The van der Waals surface area contributed by atoms with Gasteiger partial charge in [-0.25, -0.2) is 9.78 Å². The molecule has 0 radical (unpaired) electrons. The highest BCUT2D eigenvalue weighted by Gasteiger charge is 2.21. The highest BCUT2D eigenvalue weighted by molar-refractivity contribution is 6.30. The Labute approximate surface area is 193 Å². The number of furan rings is 1. The number of imidazole rings is 1. The van der Waals surface area contributed by atoms with Gasteiger partial charge in [-0.2, -0.15) is 0 Å². The first-order valence-corrected chi connectivity index (χ1v) is 11.1. The summed E-state index contributed by atoms with van der Waals surface area (Å²) < 4.78 is 9.42. The summed E-state index contributed by atoms with van der Waals surface area (Å²) in [6.07, 6.45) is 0.778. The van der Waals surface area contributed by atoms with Gasteiger partial charge in [0, 0.05) is 17.1 Å². The zero-order valence-electron chi connectivity index (χ0n) is 17.9. The molecule has 0 atom stereocenters. The van der Waals surface area contributed by atoms with Gasteiger partial charge in [-0.3, -0.25) is 14.3 Å². The maximum atomic E-state index is 12.8. The number of hydrogen-bond acceptors (Lipinski definition) is 4. The number of nitrogens with one attached hydrogen (secondary N) is 1. The van der Waals surface area contributed by atoms with Crippen LogP contribution in [0.1, 0.15) is 18.9 Å². The molecule has 0 aliphatic heterocycles. The van der Waals surface area contributed by atoms with Gasteiger partial charge in [-0.15, -0.1) is 0 Å². The van der Waals surface area contributed by atoms with Gasteiger partial charge in [0.05, 0.1) is 6.54 Å². The lowest BCUT2D eigenvalue weighted by atomic mass is 10.2. The summed E-state index contributed by atoms with van der Waals surface area (Å²) in [5, 5.41) is 0.644. The van der Waals surface area contributed by atoms with Gasteiger partial charge in [0.2, 0.25) is 0 Å². The topological polar surface area (TPSA) is 85.8 Å². The van der Waals surface area contributed by atoms with Crippen LogP contribution in [0.4, 0.5) is 0 Å². The fourth-order valence-electron chi connectivity index (χ4n) is 3.94. The maximum Gasteiger partial charge on any atom is 0.330 e. The molecule has 33 heavy (non-hydrogen) atoms. The van der Waals surface area contributed by atoms with E-state index in [4.69, 9.17) is 21.0 Å². The van der Waals surface area contributed by atoms with E-state index < -0.39 is 11.2 Å². The van der Waals surface area contributed by atoms with Crippen LogP contribution >= 0.6 is 11.6 Å². The summed E-state index contributed by atoms with van der Waals surface area (Å²) in [4.78, 5) is 32.7. The van der Waals surface area contributed by atoms with Crippen LogP contribution in [0, 0.1) is 0 Å². The SMILES string of the molecule is CCCn1c(-c2ccc(-c3ccc(Cl)cc3)o2)nc2c1c(=O)[nH]c(=O)n2Cc1ccccc1. The number of H-pyrrole nitrogens is 1. The van der Waals surface area contributed by atoms with Crippen molar-refractivity contribution < 1.29 is 4.42 Å². The molecule has 2 aromatic carbocycles. The lowest BCUT2D eigenvalue weighted by Gasteiger charge is -2.07. The Bertz CT molecular complexity index is 1540. The van der Waals surface area contributed by atoms with Crippen LogP contribution in [0.5, 0.6) is 0 Å². The zero-order valence-corrected chi connectivity index (χ0v) is 18.7. The minimum atomic E-state index is -0.495. The van der Waals surface area contributed by atoms with Gasteiger partial charge in [0.1, 0.15) is 5.76 Å². The fraction of sp³-hybridized carbons (Fsp3) is 0.160. The minimum absolute atomic E-state index is 0.295. The second-order valence-corrected chi connectivity index (χ2v) is 8.20. The van der Waals surface area contributed by atoms with Crippen molar-refractivity contribution in [2.75, 3.05) is 0 Å². The number of nitrogens with zero attached hydrogens (tertiary/aromatic N) is 3. The third-order valence-corrected chi connectivity index (χ3v) is 5.72. The van der Waals surface area contributed by atoms with Crippen molar-refractivity contribution >= 4 is 22.8 Å². The smallest absolute Gasteiger partial charge is 0.330 e. The molecule has 7 nitrogen and oxygen atoms in total. The first-order valence-electron chi connectivity index (χ1n) is 10.7. The molecular weight excluding hydrogens is 440 g/mol. The summed E-state index contributed by atoms with van der Waals surface area (Å²) in [6.45, 7) is 2.87. The molecule has 3 heterocycles. The van der Waals surface area contributed by atoms with Gasteiger partial charge in [0.15, 0.2) is 22.7 Å². The van der Waals surface area contributed by atoms with E-state index in [0.29, 0.717) is 46.6 Å². The summed E-state index contributed by atoms with van der Waals surface area (Å²) in [6, 6.07) is 20.6. The van der Waals surface area contributed by atoms with E-state index in [2.05, 4.69) is 4.98 Å². The van der Waals surface area contributed by atoms with Crippen molar-refractivity contribution in [3.63, 3.8) is 0 Å².